The van der Waals surface area contributed by atoms with Crippen molar-refractivity contribution in [1.29, 1.82) is 0 Å². The van der Waals surface area contributed by atoms with Crippen LogP contribution in [0.2, 0.25) is 0 Å². The second kappa shape index (κ2) is 4.90. The van der Waals surface area contributed by atoms with E-state index in [-0.39, 0.29) is 0 Å². The average Bonchev–Trinajstić information content (AvgIpc) is 2.84. The second-order valence-corrected chi connectivity index (χ2v) is 5.67. The standard InChI is InChI=1S/C15H19N3O2/c1-10-7-12(5-6-17(10)2)18-9-16-13-4-3-11(15(19)20)8-14(13)18/h3-4,8-10,12H,5-7H2,1-2H3,(H,19,20). The van der Waals surface area contributed by atoms with Gasteiger partial charge in [-0.25, -0.2) is 9.78 Å². The molecule has 2 atom stereocenters. The zero-order valence-electron chi connectivity index (χ0n) is 11.8. The Morgan fingerprint density at radius 2 is 2.25 bits per heavy atom. The summed E-state index contributed by atoms with van der Waals surface area (Å²) < 4.78 is 2.14. The highest BCUT2D eigenvalue weighted by atomic mass is 16.4. The van der Waals surface area contributed by atoms with Gasteiger partial charge < -0.3 is 14.6 Å². The molecule has 5 nitrogen and oxygen atoms in total. The third kappa shape index (κ3) is 2.18. The summed E-state index contributed by atoms with van der Waals surface area (Å²) in [6.45, 7) is 3.29. The molecule has 5 heteroatoms. The fourth-order valence-corrected chi connectivity index (χ4v) is 2.97. The van der Waals surface area contributed by atoms with Crippen LogP contribution in [0.15, 0.2) is 24.5 Å². The zero-order chi connectivity index (χ0) is 14.3. The summed E-state index contributed by atoms with van der Waals surface area (Å²) in [5.74, 6) is -0.892. The van der Waals surface area contributed by atoms with Crippen molar-refractivity contribution in [1.82, 2.24) is 14.5 Å². The molecule has 106 valence electrons. The quantitative estimate of drug-likeness (QED) is 0.912. The summed E-state index contributed by atoms with van der Waals surface area (Å²) in [7, 11) is 2.15. The van der Waals surface area contributed by atoms with E-state index in [2.05, 4.69) is 28.4 Å². The van der Waals surface area contributed by atoms with Gasteiger partial charge in [-0.2, -0.15) is 0 Å². The molecule has 0 aliphatic carbocycles. The molecule has 2 heterocycles. The molecule has 3 rings (SSSR count). The number of carbonyl (C=O) groups is 1. The number of nitrogens with zero attached hydrogens (tertiary/aromatic N) is 3. The number of fused-ring (bicyclic) bond motifs is 1. The SMILES string of the molecule is CC1CC(n2cnc3ccc(C(=O)O)cc32)CCN1C. The molecule has 0 radical (unpaired) electrons. The molecule has 1 N–H and O–H groups in total. The minimum atomic E-state index is -0.892. The van der Waals surface area contributed by atoms with Gasteiger partial charge in [-0.1, -0.05) is 0 Å². The number of hydrogen-bond donors (Lipinski definition) is 1. The third-order valence-electron chi connectivity index (χ3n) is 4.40. The average molecular weight is 273 g/mol. The van der Waals surface area contributed by atoms with Gasteiger partial charge in [-0.15, -0.1) is 0 Å². The van der Waals surface area contributed by atoms with Crippen LogP contribution in [0.25, 0.3) is 11.0 Å². The molecule has 20 heavy (non-hydrogen) atoms. The molecular formula is C15H19N3O2. The smallest absolute Gasteiger partial charge is 0.335 e. The van der Waals surface area contributed by atoms with Crippen molar-refractivity contribution in [2.24, 2.45) is 0 Å². The molecule has 1 aromatic heterocycles. The molecule has 1 aliphatic rings. The number of hydrogen-bond acceptors (Lipinski definition) is 3. The molecule has 0 spiro atoms. The van der Waals surface area contributed by atoms with Gasteiger partial charge in [0.05, 0.1) is 22.9 Å². The lowest BCUT2D eigenvalue weighted by Crippen LogP contribution is -2.38. The molecule has 0 bridgehead atoms. The minimum Gasteiger partial charge on any atom is -0.478 e. The summed E-state index contributed by atoms with van der Waals surface area (Å²) in [6.07, 6.45) is 3.99. The van der Waals surface area contributed by atoms with Crippen LogP contribution in [0.3, 0.4) is 0 Å². The molecule has 0 saturated carbocycles. The fraction of sp³-hybridized carbons (Fsp3) is 0.467. The van der Waals surface area contributed by atoms with Gasteiger partial charge in [-0.05, 0) is 45.0 Å². The normalized spacial score (nSPS) is 24.1. The predicted molar refractivity (Wildman–Crippen MR) is 77.1 cm³/mol. The lowest BCUT2D eigenvalue weighted by molar-refractivity contribution is 0.0697. The molecule has 2 unspecified atom stereocenters. The van der Waals surface area contributed by atoms with Crippen molar-refractivity contribution in [3.8, 4) is 0 Å². The van der Waals surface area contributed by atoms with Crippen molar-refractivity contribution in [3.05, 3.63) is 30.1 Å². The molecule has 1 fully saturated rings. The Hall–Kier alpha value is -1.88. The molecule has 1 aliphatic heterocycles. The van der Waals surface area contributed by atoms with Crippen LogP contribution < -0.4 is 0 Å². The maximum absolute atomic E-state index is 11.1. The van der Waals surface area contributed by atoms with E-state index >= 15 is 0 Å². The lowest BCUT2D eigenvalue weighted by Gasteiger charge is -2.35. The van der Waals surface area contributed by atoms with Gasteiger partial charge in [0.1, 0.15) is 0 Å². The first-order chi connectivity index (χ1) is 9.56. The molecule has 1 saturated heterocycles. The zero-order valence-corrected chi connectivity index (χ0v) is 11.8. The third-order valence-corrected chi connectivity index (χ3v) is 4.40. The van der Waals surface area contributed by atoms with Crippen molar-refractivity contribution >= 4 is 17.0 Å². The van der Waals surface area contributed by atoms with Crippen molar-refractivity contribution < 1.29 is 9.90 Å². The Kier molecular flexibility index (Phi) is 3.22. The van der Waals surface area contributed by atoms with E-state index in [1.54, 1.807) is 18.2 Å². The van der Waals surface area contributed by atoms with E-state index in [1.165, 1.54) is 0 Å². The fourth-order valence-electron chi connectivity index (χ4n) is 2.97. The Morgan fingerprint density at radius 1 is 1.45 bits per heavy atom. The first-order valence-corrected chi connectivity index (χ1v) is 6.96. The van der Waals surface area contributed by atoms with Crippen molar-refractivity contribution in [3.63, 3.8) is 0 Å². The van der Waals surface area contributed by atoms with Crippen LogP contribution in [0.1, 0.15) is 36.2 Å². The number of imidazole rings is 1. The Bertz CT molecular complexity index is 650. The van der Waals surface area contributed by atoms with Crippen LogP contribution >= 0.6 is 0 Å². The topological polar surface area (TPSA) is 58.4 Å². The van der Waals surface area contributed by atoms with Crippen molar-refractivity contribution in [2.75, 3.05) is 13.6 Å². The summed E-state index contributed by atoms with van der Waals surface area (Å²) in [4.78, 5) is 17.9. The van der Waals surface area contributed by atoms with Gasteiger partial charge in [0.15, 0.2) is 0 Å². The minimum absolute atomic E-state index is 0.320. The maximum Gasteiger partial charge on any atom is 0.335 e. The van der Waals surface area contributed by atoms with Gasteiger partial charge >= 0.3 is 5.97 Å². The highest BCUT2D eigenvalue weighted by Crippen LogP contribution is 2.29. The molecule has 0 amide bonds. The van der Waals surface area contributed by atoms with E-state index in [0.717, 1.165) is 30.4 Å². The number of piperidine rings is 1. The Labute approximate surface area is 117 Å². The highest BCUT2D eigenvalue weighted by molar-refractivity contribution is 5.92. The number of benzene rings is 1. The summed E-state index contributed by atoms with van der Waals surface area (Å²) in [6, 6.07) is 6.06. The number of aromatic nitrogens is 2. The number of carboxylic acid groups (broad SMARTS) is 1. The van der Waals surface area contributed by atoms with Crippen LogP contribution in [0.4, 0.5) is 0 Å². The van der Waals surface area contributed by atoms with Crippen LogP contribution in [-0.4, -0.2) is 45.2 Å². The van der Waals surface area contributed by atoms with E-state index in [9.17, 15) is 4.79 Å². The largest absolute Gasteiger partial charge is 0.478 e. The van der Waals surface area contributed by atoms with E-state index in [4.69, 9.17) is 5.11 Å². The van der Waals surface area contributed by atoms with Crippen LogP contribution in [0.5, 0.6) is 0 Å². The molecular weight excluding hydrogens is 254 g/mol. The monoisotopic (exact) mass is 273 g/mol. The van der Waals surface area contributed by atoms with E-state index < -0.39 is 5.97 Å². The number of likely N-dealkylation sites (tertiary alicyclic amines) is 1. The maximum atomic E-state index is 11.1. The van der Waals surface area contributed by atoms with E-state index in [0.29, 0.717) is 17.6 Å². The van der Waals surface area contributed by atoms with Gasteiger partial charge in [0.2, 0.25) is 0 Å². The Balaban J connectivity index is 1.99. The summed E-state index contributed by atoms with van der Waals surface area (Å²) >= 11 is 0. The number of aromatic carboxylic acids is 1. The van der Waals surface area contributed by atoms with Gasteiger partial charge in [-0.3, -0.25) is 0 Å². The predicted octanol–water partition coefficient (Wildman–Crippen LogP) is 2.39. The van der Waals surface area contributed by atoms with Gasteiger partial charge in [0.25, 0.3) is 0 Å². The summed E-state index contributed by atoms with van der Waals surface area (Å²) in [5.41, 5.74) is 2.11. The molecule has 1 aromatic carbocycles. The Morgan fingerprint density at radius 3 is 2.95 bits per heavy atom. The summed E-state index contributed by atoms with van der Waals surface area (Å²) in [5, 5.41) is 9.12. The second-order valence-electron chi connectivity index (χ2n) is 5.67. The van der Waals surface area contributed by atoms with Crippen LogP contribution in [0, 0.1) is 0 Å². The first-order valence-electron chi connectivity index (χ1n) is 6.96. The first kappa shape index (κ1) is 13.1. The van der Waals surface area contributed by atoms with E-state index in [1.807, 2.05) is 6.33 Å². The number of carboxylic acids is 1. The molecule has 2 aromatic rings. The van der Waals surface area contributed by atoms with Crippen LogP contribution in [-0.2, 0) is 0 Å². The number of rotatable bonds is 2. The van der Waals surface area contributed by atoms with Crippen molar-refractivity contribution in [2.45, 2.75) is 31.8 Å². The highest BCUT2D eigenvalue weighted by Gasteiger charge is 2.25. The van der Waals surface area contributed by atoms with Gasteiger partial charge in [0, 0.05) is 18.6 Å². The lowest BCUT2D eigenvalue weighted by atomic mass is 9.98.